The van der Waals surface area contributed by atoms with E-state index in [-0.39, 0.29) is 24.8 Å². The molecular weight excluding hydrogens is 298 g/mol. The lowest BCUT2D eigenvalue weighted by Crippen LogP contribution is -2.60. The van der Waals surface area contributed by atoms with Gasteiger partial charge >= 0.3 is 6.03 Å². The SMILES string of the molecule is CC(C)NC(=O)N1CCN(c2ccc3c(c2)OCO3)C(=O)C1C. The molecule has 1 N–H and O–H groups in total. The predicted octanol–water partition coefficient (Wildman–Crippen LogP) is 1.57. The number of hydrogen-bond donors (Lipinski definition) is 1. The Labute approximate surface area is 135 Å². The van der Waals surface area contributed by atoms with Crippen LogP contribution in [0.2, 0.25) is 0 Å². The minimum absolute atomic E-state index is 0.0386. The van der Waals surface area contributed by atoms with Crippen LogP contribution < -0.4 is 19.7 Å². The zero-order valence-corrected chi connectivity index (χ0v) is 13.5. The summed E-state index contributed by atoms with van der Waals surface area (Å²) < 4.78 is 10.6. The fourth-order valence-electron chi connectivity index (χ4n) is 2.79. The van der Waals surface area contributed by atoms with E-state index in [9.17, 15) is 9.59 Å². The van der Waals surface area contributed by atoms with Gasteiger partial charge < -0.3 is 24.6 Å². The zero-order chi connectivity index (χ0) is 16.6. The van der Waals surface area contributed by atoms with Gasteiger partial charge in [-0.15, -0.1) is 0 Å². The monoisotopic (exact) mass is 319 g/mol. The summed E-state index contributed by atoms with van der Waals surface area (Å²) in [4.78, 5) is 28.1. The Hall–Kier alpha value is -2.44. The minimum atomic E-state index is -0.507. The van der Waals surface area contributed by atoms with Gasteiger partial charge in [-0.25, -0.2) is 4.79 Å². The van der Waals surface area contributed by atoms with E-state index in [1.807, 2.05) is 19.9 Å². The van der Waals surface area contributed by atoms with Gasteiger partial charge in [-0.05, 0) is 32.9 Å². The molecule has 1 atom stereocenters. The Balaban J connectivity index is 1.75. The quantitative estimate of drug-likeness (QED) is 0.898. The van der Waals surface area contributed by atoms with E-state index in [0.29, 0.717) is 24.6 Å². The second kappa shape index (κ2) is 5.98. The molecular formula is C16H21N3O4. The molecule has 1 aromatic rings. The molecule has 0 aliphatic carbocycles. The predicted molar refractivity (Wildman–Crippen MR) is 84.8 cm³/mol. The fraction of sp³-hybridized carbons (Fsp3) is 0.500. The highest BCUT2D eigenvalue weighted by atomic mass is 16.7. The number of fused-ring (bicyclic) bond motifs is 1. The van der Waals surface area contributed by atoms with Crippen LogP contribution >= 0.6 is 0 Å². The standard InChI is InChI=1S/C16H21N3O4/c1-10(2)17-16(21)18-6-7-19(15(20)11(18)3)12-4-5-13-14(8-12)23-9-22-13/h4-5,8,10-11H,6-7,9H2,1-3H3,(H,17,21). The molecule has 0 bridgehead atoms. The van der Waals surface area contributed by atoms with Crippen molar-refractivity contribution in [3.8, 4) is 11.5 Å². The Morgan fingerprint density at radius 3 is 2.74 bits per heavy atom. The Kier molecular flexibility index (Phi) is 4.02. The first kappa shape index (κ1) is 15.5. The molecule has 23 heavy (non-hydrogen) atoms. The number of carbonyl (C=O) groups is 2. The van der Waals surface area contributed by atoms with E-state index in [1.165, 1.54) is 0 Å². The summed E-state index contributed by atoms with van der Waals surface area (Å²) in [5.41, 5.74) is 0.759. The van der Waals surface area contributed by atoms with E-state index in [0.717, 1.165) is 5.69 Å². The normalized spacial score (nSPS) is 20.2. The highest BCUT2D eigenvalue weighted by molar-refractivity contribution is 6.00. The number of benzene rings is 1. The van der Waals surface area contributed by atoms with Crippen LogP contribution in [0.3, 0.4) is 0 Å². The third-order valence-electron chi connectivity index (χ3n) is 4.00. The summed E-state index contributed by atoms with van der Waals surface area (Å²) in [6.45, 7) is 6.68. The van der Waals surface area contributed by atoms with E-state index in [4.69, 9.17) is 9.47 Å². The number of carbonyl (C=O) groups excluding carboxylic acids is 2. The second-order valence-electron chi connectivity index (χ2n) is 6.00. The van der Waals surface area contributed by atoms with Crippen molar-refractivity contribution in [2.24, 2.45) is 0 Å². The molecule has 0 spiro atoms. The molecule has 1 saturated heterocycles. The van der Waals surface area contributed by atoms with Crippen molar-refractivity contribution in [2.75, 3.05) is 24.8 Å². The molecule has 1 aromatic carbocycles. The topological polar surface area (TPSA) is 71.1 Å². The summed E-state index contributed by atoms with van der Waals surface area (Å²) in [5, 5.41) is 2.83. The van der Waals surface area contributed by atoms with Crippen LogP contribution in [0.25, 0.3) is 0 Å². The minimum Gasteiger partial charge on any atom is -0.454 e. The Morgan fingerprint density at radius 1 is 1.26 bits per heavy atom. The van der Waals surface area contributed by atoms with Gasteiger partial charge in [0.15, 0.2) is 11.5 Å². The molecule has 3 amide bonds. The highest BCUT2D eigenvalue weighted by Gasteiger charge is 2.35. The number of nitrogens with zero attached hydrogens (tertiary/aromatic N) is 2. The third-order valence-corrected chi connectivity index (χ3v) is 4.00. The average molecular weight is 319 g/mol. The molecule has 124 valence electrons. The molecule has 0 aromatic heterocycles. The van der Waals surface area contributed by atoms with Crippen molar-refractivity contribution in [2.45, 2.75) is 32.9 Å². The first-order valence-electron chi connectivity index (χ1n) is 7.75. The van der Waals surface area contributed by atoms with E-state index < -0.39 is 6.04 Å². The first-order chi connectivity index (χ1) is 11.0. The number of piperazine rings is 1. The lowest BCUT2D eigenvalue weighted by molar-refractivity contribution is -0.124. The van der Waals surface area contributed by atoms with Gasteiger partial charge in [-0.2, -0.15) is 0 Å². The summed E-state index contributed by atoms with van der Waals surface area (Å²) in [5.74, 6) is 1.22. The van der Waals surface area contributed by atoms with Gasteiger partial charge in [0.25, 0.3) is 0 Å². The summed E-state index contributed by atoms with van der Waals surface area (Å²) in [6, 6.07) is 4.77. The third kappa shape index (κ3) is 2.91. The number of anilines is 1. The van der Waals surface area contributed by atoms with Gasteiger partial charge in [-0.1, -0.05) is 0 Å². The van der Waals surface area contributed by atoms with Gasteiger partial charge in [0.1, 0.15) is 6.04 Å². The van der Waals surface area contributed by atoms with Crippen LogP contribution in [-0.2, 0) is 4.79 Å². The molecule has 0 saturated carbocycles. The van der Waals surface area contributed by atoms with Crippen LogP contribution in [0.15, 0.2) is 18.2 Å². The van der Waals surface area contributed by atoms with Crippen LogP contribution in [0, 0.1) is 0 Å². The van der Waals surface area contributed by atoms with Gasteiger partial charge in [0, 0.05) is 30.9 Å². The van der Waals surface area contributed by atoms with Crippen molar-refractivity contribution in [3.05, 3.63) is 18.2 Å². The van der Waals surface area contributed by atoms with Crippen molar-refractivity contribution in [1.82, 2.24) is 10.2 Å². The molecule has 1 unspecified atom stereocenters. The van der Waals surface area contributed by atoms with Crippen molar-refractivity contribution >= 4 is 17.6 Å². The Morgan fingerprint density at radius 2 is 2.00 bits per heavy atom. The van der Waals surface area contributed by atoms with Gasteiger partial charge in [-0.3, -0.25) is 4.79 Å². The van der Waals surface area contributed by atoms with Crippen molar-refractivity contribution in [1.29, 1.82) is 0 Å². The molecule has 2 aliphatic rings. The number of urea groups is 1. The van der Waals surface area contributed by atoms with Crippen LogP contribution in [0.4, 0.5) is 10.5 Å². The van der Waals surface area contributed by atoms with Crippen molar-refractivity contribution < 1.29 is 19.1 Å². The van der Waals surface area contributed by atoms with E-state index >= 15 is 0 Å². The molecule has 3 rings (SSSR count). The molecule has 7 nitrogen and oxygen atoms in total. The number of hydrogen-bond acceptors (Lipinski definition) is 4. The zero-order valence-electron chi connectivity index (χ0n) is 13.5. The lowest BCUT2D eigenvalue weighted by Gasteiger charge is -2.39. The number of rotatable bonds is 2. The molecule has 7 heteroatoms. The summed E-state index contributed by atoms with van der Waals surface area (Å²) in [7, 11) is 0. The van der Waals surface area contributed by atoms with E-state index in [2.05, 4.69) is 5.32 Å². The molecule has 2 heterocycles. The summed E-state index contributed by atoms with van der Waals surface area (Å²) >= 11 is 0. The fourth-order valence-corrected chi connectivity index (χ4v) is 2.79. The number of nitrogens with one attached hydrogen (secondary N) is 1. The maximum Gasteiger partial charge on any atom is 0.318 e. The van der Waals surface area contributed by atoms with Crippen LogP contribution in [0.1, 0.15) is 20.8 Å². The maximum atomic E-state index is 12.7. The second-order valence-corrected chi connectivity index (χ2v) is 6.00. The largest absolute Gasteiger partial charge is 0.454 e. The highest BCUT2D eigenvalue weighted by Crippen LogP contribution is 2.36. The molecule has 1 fully saturated rings. The van der Waals surface area contributed by atoms with Crippen LogP contribution in [0.5, 0.6) is 11.5 Å². The molecule has 0 radical (unpaired) electrons. The van der Waals surface area contributed by atoms with Gasteiger partial charge in [0.05, 0.1) is 0 Å². The van der Waals surface area contributed by atoms with Crippen molar-refractivity contribution in [3.63, 3.8) is 0 Å². The number of amides is 3. The average Bonchev–Trinajstić information content (AvgIpc) is 2.96. The first-order valence-corrected chi connectivity index (χ1v) is 7.75. The summed E-state index contributed by atoms with van der Waals surface area (Å²) in [6.07, 6.45) is 0. The maximum absolute atomic E-state index is 12.7. The molecule has 2 aliphatic heterocycles. The van der Waals surface area contributed by atoms with Crippen LogP contribution in [-0.4, -0.2) is 48.8 Å². The lowest BCUT2D eigenvalue weighted by atomic mass is 10.1. The van der Waals surface area contributed by atoms with E-state index in [1.54, 1.807) is 28.9 Å². The Bertz CT molecular complexity index is 632. The van der Waals surface area contributed by atoms with Gasteiger partial charge in [0.2, 0.25) is 12.7 Å². The smallest absolute Gasteiger partial charge is 0.318 e. The number of ether oxygens (including phenoxy) is 2.